The van der Waals surface area contributed by atoms with Gasteiger partial charge in [-0.3, -0.25) is 9.59 Å². The maximum absolute atomic E-state index is 12.9. The molecule has 24 heavy (non-hydrogen) atoms. The summed E-state index contributed by atoms with van der Waals surface area (Å²) in [6, 6.07) is 5.05. The summed E-state index contributed by atoms with van der Waals surface area (Å²) in [6.07, 6.45) is -1.76. The van der Waals surface area contributed by atoms with Crippen molar-refractivity contribution in [3.63, 3.8) is 0 Å². The number of rotatable bonds is 6. The standard InChI is InChI=1S/C17H19F3N2O2/c18-17(19,20)13-3-1-2-11(6-13)10-22(15(24)5-4-14(21)23)16-7-12(8-16)9-16/h1-3,6,12H,4-5,7-10H2,(H2,21,23). The number of alkyl halides is 3. The first-order valence-corrected chi connectivity index (χ1v) is 7.94. The first-order chi connectivity index (χ1) is 11.2. The third-order valence-corrected chi connectivity index (χ3v) is 5.06. The van der Waals surface area contributed by atoms with Gasteiger partial charge in [0.25, 0.3) is 0 Å². The van der Waals surface area contributed by atoms with Crippen LogP contribution in [0.5, 0.6) is 0 Å². The van der Waals surface area contributed by atoms with E-state index in [0.29, 0.717) is 11.5 Å². The normalized spacial score (nSPS) is 24.7. The maximum Gasteiger partial charge on any atom is 0.416 e. The minimum absolute atomic E-state index is 0.000706. The van der Waals surface area contributed by atoms with Crippen LogP contribution in [0.1, 0.15) is 43.2 Å². The second-order valence-corrected chi connectivity index (χ2v) is 6.85. The lowest BCUT2D eigenvalue weighted by molar-refractivity contribution is -0.174. The molecule has 2 amide bonds. The molecule has 0 atom stereocenters. The van der Waals surface area contributed by atoms with Crippen molar-refractivity contribution in [1.29, 1.82) is 0 Å². The fourth-order valence-electron chi connectivity index (χ4n) is 3.68. The summed E-state index contributed by atoms with van der Waals surface area (Å²) in [5.74, 6) is -0.151. The van der Waals surface area contributed by atoms with Gasteiger partial charge in [0.1, 0.15) is 0 Å². The predicted octanol–water partition coefficient (Wildman–Crippen LogP) is 2.85. The lowest BCUT2D eigenvalue weighted by atomic mass is 9.49. The lowest BCUT2D eigenvalue weighted by Crippen LogP contribution is -2.69. The number of benzene rings is 1. The molecule has 0 saturated heterocycles. The van der Waals surface area contributed by atoms with Crippen molar-refractivity contribution in [2.75, 3.05) is 0 Å². The number of amides is 2. The first kappa shape index (κ1) is 16.8. The molecule has 130 valence electrons. The summed E-state index contributed by atoms with van der Waals surface area (Å²) in [4.78, 5) is 25.1. The van der Waals surface area contributed by atoms with E-state index < -0.39 is 17.6 Å². The molecule has 4 rings (SSSR count). The third-order valence-electron chi connectivity index (χ3n) is 5.06. The number of primary amides is 1. The first-order valence-electron chi connectivity index (χ1n) is 7.94. The van der Waals surface area contributed by atoms with E-state index in [1.54, 1.807) is 11.0 Å². The number of carbonyl (C=O) groups is 2. The molecule has 1 aromatic rings. The summed E-state index contributed by atoms with van der Waals surface area (Å²) < 4.78 is 38.6. The highest BCUT2D eigenvalue weighted by Crippen LogP contribution is 2.61. The Kier molecular flexibility index (Phi) is 4.05. The molecule has 0 aliphatic heterocycles. The second kappa shape index (κ2) is 5.79. The van der Waals surface area contributed by atoms with Gasteiger partial charge in [-0.05, 0) is 42.9 Å². The predicted molar refractivity (Wildman–Crippen MR) is 80.5 cm³/mol. The summed E-state index contributed by atoms with van der Waals surface area (Å²) in [5, 5.41) is 0. The molecular weight excluding hydrogens is 321 g/mol. The van der Waals surface area contributed by atoms with E-state index in [-0.39, 0.29) is 30.8 Å². The summed E-state index contributed by atoms with van der Waals surface area (Å²) in [7, 11) is 0. The molecule has 1 aromatic carbocycles. The molecule has 0 aromatic heterocycles. The molecule has 3 saturated carbocycles. The van der Waals surface area contributed by atoms with Gasteiger partial charge >= 0.3 is 6.18 Å². The largest absolute Gasteiger partial charge is 0.416 e. The van der Waals surface area contributed by atoms with Crippen LogP contribution in [-0.4, -0.2) is 22.3 Å². The quantitative estimate of drug-likeness (QED) is 0.865. The van der Waals surface area contributed by atoms with Gasteiger partial charge < -0.3 is 10.6 Å². The fourth-order valence-corrected chi connectivity index (χ4v) is 3.68. The number of nitrogens with zero attached hydrogens (tertiary/aromatic N) is 1. The maximum atomic E-state index is 12.9. The average molecular weight is 340 g/mol. The van der Waals surface area contributed by atoms with Gasteiger partial charge in [0.2, 0.25) is 11.8 Å². The van der Waals surface area contributed by atoms with Crippen molar-refractivity contribution < 1.29 is 22.8 Å². The van der Waals surface area contributed by atoms with Crippen LogP contribution in [-0.2, 0) is 22.3 Å². The van der Waals surface area contributed by atoms with Crippen molar-refractivity contribution in [3.05, 3.63) is 35.4 Å². The van der Waals surface area contributed by atoms with Crippen LogP contribution in [0.15, 0.2) is 24.3 Å². The highest BCUT2D eigenvalue weighted by molar-refractivity contribution is 5.83. The molecule has 2 bridgehead atoms. The van der Waals surface area contributed by atoms with E-state index in [4.69, 9.17) is 5.73 Å². The van der Waals surface area contributed by atoms with Crippen LogP contribution in [0, 0.1) is 5.92 Å². The zero-order valence-electron chi connectivity index (χ0n) is 13.1. The molecule has 3 aliphatic carbocycles. The fraction of sp³-hybridized carbons (Fsp3) is 0.529. The molecule has 4 nitrogen and oxygen atoms in total. The minimum Gasteiger partial charge on any atom is -0.370 e. The van der Waals surface area contributed by atoms with Crippen LogP contribution in [0.3, 0.4) is 0 Å². The minimum atomic E-state index is -4.41. The Hall–Kier alpha value is -2.05. The Labute approximate surface area is 137 Å². The van der Waals surface area contributed by atoms with Gasteiger partial charge in [-0.2, -0.15) is 13.2 Å². The Balaban J connectivity index is 1.77. The molecule has 0 spiro atoms. The third kappa shape index (κ3) is 3.12. The van der Waals surface area contributed by atoms with E-state index in [1.807, 2.05) is 0 Å². The van der Waals surface area contributed by atoms with E-state index in [1.165, 1.54) is 6.07 Å². The van der Waals surface area contributed by atoms with Crippen molar-refractivity contribution in [2.24, 2.45) is 11.7 Å². The van der Waals surface area contributed by atoms with Gasteiger partial charge in [0.15, 0.2) is 0 Å². The van der Waals surface area contributed by atoms with Crippen molar-refractivity contribution in [3.8, 4) is 0 Å². The Morgan fingerprint density at radius 2 is 1.88 bits per heavy atom. The molecule has 0 unspecified atom stereocenters. The Bertz CT molecular complexity index is 655. The van der Waals surface area contributed by atoms with Crippen LogP contribution < -0.4 is 5.73 Å². The van der Waals surface area contributed by atoms with Gasteiger partial charge in [-0.1, -0.05) is 12.1 Å². The second-order valence-electron chi connectivity index (χ2n) is 6.85. The number of carbonyl (C=O) groups excluding carboxylic acids is 2. The van der Waals surface area contributed by atoms with Crippen molar-refractivity contribution in [1.82, 2.24) is 4.90 Å². The molecule has 3 fully saturated rings. The van der Waals surface area contributed by atoms with Crippen LogP contribution in [0.25, 0.3) is 0 Å². The molecule has 2 N–H and O–H groups in total. The van der Waals surface area contributed by atoms with Gasteiger partial charge in [0.05, 0.1) is 5.56 Å². The molecule has 0 heterocycles. The van der Waals surface area contributed by atoms with Crippen LogP contribution in [0.4, 0.5) is 13.2 Å². The zero-order chi connectivity index (χ0) is 17.5. The van der Waals surface area contributed by atoms with Crippen LogP contribution in [0.2, 0.25) is 0 Å². The number of hydrogen-bond donors (Lipinski definition) is 1. The van der Waals surface area contributed by atoms with Gasteiger partial charge in [-0.15, -0.1) is 0 Å². The SMILES string of the molecule is NC(=O)CCC(=O)N(Cc1cccc(C(F)(F)F)c1)C12CC(C1)C2. The monoisotopic (exact) mass is 340 g/mol. The van der Waals surface area contributed by atoms with E-state index >= 15 is 0 Å². The topological polar surface area (TPSA) is 63.4 Å². The number of nitrogens with two attached hydrogens (primary N) is 1. The Morgan fingerprint density at radius 3 is 2.38 bits per heavy atom. The zero-order valence-corrected chi connectivity index (χ0v) is 13.1. The Morgan fingerprint density at radius 1 is 1.21 bits per heavy atom. The van der Waals surface area contributed by atoms with E-state index in [9.17, 15) is 22.8 Å². The number of hydrogen-bond acceptors (Lipinski definition) is 2. The van der Waals surface area contributed by atoms with Crippen molar-refractivity contribution in [2.45, 2.75) is 50.4 Å². The highest BCUT2D eigenvalue weighted by Gasteiger charge is 2.60. The molecule has 0 radical (unpaired) electrons. The molecular formula is C17H19F3N2O2. The summed E-state index contributed by atoms with van der Waals surface area (Å²) in [5.41, 5.74) is 4.59. The van der Waals surface area contributed by atoms with Crippen molar-refractivity contribution >= 4 is 11.8 Å². The van der Waals surface area contributed by atoms with Crippen LogP contribution >= 0.6 is 0 Å². The highest BCUT2D eigenvalue weighted by atomic mass is 19.4. The van der Waals surface area contributed by atoms with Gasteiger partial charge in [-0.25, -0.2) is 0 Å². The smallest absolute Gasteiger partial charge is 0.370 e. The molecule has 3 aliphatic rings. The average Bonchev–Trinajstić information content (AvgIpc) is 2.40. The number of halogens is 3. The van der Waals surface area contributed by atoms with Gasteiger partial charge in [0, 0.05) is 24.9 Å². The summed E-state index contributed by atoms with van der Waals surface area (Å²) >= 11 is 0. The lowest BCUT2D eigenvalue weighted by Gasteiger charge is -2.66. The summed E-state index contributed by atoms with van der Waals surface area (Å²) in [6.45, 7) is 0.133. The van der Waals surface area contributed by atoms with E-state index in [2.05, 4.69) is 0 Å². The molecule has 7 heteroatoms. The van der Waals surface area contributed by atoms with E-state index in [0.717, 1.165) is 31.4 Å².